The van der Waals surface area contributed by atoms with Gasteiger partial charge in [-0.05, 0) is 44.9 Å². The van der Waals surface area contributed by atoms with Gasteiger partial charge in [0.2, 0.25) is 0 Å². The molecule has 0 amide bonds. The predicted octanol–water partition coefficient (Wildman–Crippen LogP) is 8.89. The zero-order chi connectivity index (χ0) is 24.7. The number of aromatic hydroxyl groups is 1. The van der Waals surface area contributed by atoms with Gasteiger partial charge in [-0.3, -0.25) is 0 Å². The van der Waals surface area contributed by atoms with Crippen LogP contribution in [0.4, 0.5) is 5.69 Å². The van der Waals surface area contributed by atoms with Gasteiger partial charge in [0.25, 0.3) is 0 Å². The van der Waals surface area contributed by atoms with Crippen molar-refractivity contribution in [1.29, 1.82) is 0 Å². The molecular weight excluding hydrogens is 414 g/mol. The fourth-order valence-corrected chi connectivity index (χ4v) is 4.37. The monoisotopic (exact) mass is 449 g/mol. The molecule has 0 heterocycles. The first-order valence-electron chi connectivity index (χ1n) is 11.9. The van der Waals surface area contributed by atoms with Crippen LogP contribution in [-0.2, 0) is 10.8 Å². The average molecular weight is 450 g/mol. The number of hydrogen-bond acceptors (Lipinski definition) is 2. The van der Waals surface area contributed by atoms with E-state index < -0.39 is 0 Å². The molecule has 4 rings (SSSR count). The van der Waals surface area contributed by atoms with E-state index in [-0.39, 0.29) is 10.8 Å². The summed E-state index contributed by atoms with van der Waals surface area (Å²) in [6, 6.07) is 27.0. The molecule has 0 fully saturated rings. The highest BCUT2D eigenvalue weighted by molar-refractivity contribution is 6.05. The molecular formula is C32H35NO. The highest BCUT2D eigenvalue weighted by Crippen LogP contribution is 2.46. The van der Waals surface area contributed by atoms with Crippen molar-refractivity contribution in [2.24, 2.45) is 0 Å². The van der Waals surface area contributed by atoms with E-state index in [4.69, 9.17) is 0 Å². The second-order valence-electron chi connectivity index (χ2n) is 11.1. The van der Waals surface area contributed by atoms with Crippen molar-refractivity contribution in [2.45, 2.75) is 52.4 Å². The molecule has 2 heteroatoms. The molecule has 4 aromatic carbocycles. The Kier molecular flexibility index (Phi) is 6.03. The molecule has 0 radical (unpaired) electrons. The number of hydrogen-bond donors (Lipinski definition) is 2. The molecule has 0 aliphatic rings. The normalized spacial score (nSPS) is 12.1. The summed E-state index contributed by atoms with van der Waals surface area (Å²) in [6.07, 6.45) is 0. The van der Waals surface area contributed by atoms with E-state index in [1.165, 1.54) is 5.56 Å². The van der Waals surface area contributed by atoms with Crippen LogP contribution in [0.3, 0.4) is 0 Å². The van der Waals surface area contributed by atoms with Crippen LogP contribution in [0.25, 0.3) is 27.6 Å². The molecule has 2 N–H and O–H groups in total. The Morgan fingerprint density at radius 1 is 0.765 bits per heavy atom. The standard InChI is InChI=1S/C32H35NO/c1-21(22-13-9-8-10-14-22)33-28-18-17-23-15-11-12-16-25(23)29(28)26-19-24(31(2,3)4)20-27(30(26)34)32(5,6)7/h8-20,33-34H,1H2,2-7H3. The lowest BCUT2D eigenvalue weighted by atomic mass is 9.77. The average Bonchev–Trinajstić information content (AvgIpc) is 2.78. The van der Waals surface area contributed by atoms with Crippen LogP contribution in [0, 0.1) is 0 Å². The zero-order valence-electron chi connectivity index (χ0n) is 21.2. The van der Waals surface area contributed by atoms with Gasteiger partial charge >= 0.3 is 0 Å². The SMILES string of the molecule is C=C(Nc1ccc2ccccc2c1-c1cc(C(C)(C)C)cc(C(C)(C)C)c1O)c1ccccc1. The highest BCUT2D eigenvalue weighted by atomic mass is 16.3. The molecule has 0 saturated carbocycles. The second-order valence-corrected chi connectivity index (χ2v) is 11.1. The first kappa shape index (κ1) is 23.6. The Labute approximate surface area is 204 Å². The number of phenols is 1. The van der Waals surface area contributed by atoms with E-state index in [9.17, 15) is 5.11 Å². The summed E-state index contributed by atoms with van der Waals surface area (Å²) >= 11 is 0. The number of anilines is 1. The van der Waals surface area contributed by atoms with Crippen molar-refractivity contribution in [3.63, 3.8) is 0 Å². The summed E-state index contributed by atoms with van der Waals surface area (Å²) in [4.78, 5) is 0. The largest absolute Gasteiger partial charge is 0.507 e. The Hall–Kier alpha value is -3.52. The summed E-state index contributed by atoms with van der Waals surface area (Å²) in [5.74, 6) is 0.338. The van der Waals surface area contributed by atoms with E-state index in [1.54, 1.807) is 0 Å². The third-order valence-electron chi connectivity index (χ3n) is 6.39. The smallest absolute Gasteiger partial charge is 0.127 e. The van der Waals surface area contributed by atoms with Crippen molar-refractivity contribution in [3.05, 3.63) is 102 Å². The maximum absolute atomic E-state index is 11.7. The summed E-state index contributed by atoms with van der Waals surface area (Å²) in [6.45, 7) is 17.4. The maximum atomic E-state index is 11.7. The molecule has 0 aromatic heterocycles. The lowest BCUT2D eigenvalue weighted by molar-refractivity contribution is 0.446. The molecule has 0 bridgehead atoms. The van der Waals surface area contributed by atoms with Crippen molar-refractivity contribution in [1.82, 2.24) is 0 Å². The number of rotatable bonds is 4. The molecule has 0 atom stereocenters. The molecule has 0 aliphatic carbocycles. The molecule has 0 aliphatic heterocycles. The zero-order valence-corrected chi connectivity index (χ0v) is 21.2. The Bertz CT molecular complexity index is 1350. The first-order valence-corrected chi connectivity index (χ1v) is 11.9. The van der Waals surface area contributed by atoms with Gasteiger partial charge in [-0.25, -0.2) is 0 Å². The third-order valence-corrected chi connectivity index (χ3v) is 6.39. The predicted molar refractivity (Wildman–Crippen MR) is 148 cm³/mol. The summed E-state index contributed by atoms with van der Waals surface area (Å²) in [5, 5.41) is 17.4. The minimum absolute atomic E-state index is 0.0612. The Balaban J connectivity index is 2.02. The third kappa shape index (κ3) is 4.59. The fraction of sp³-hybridized carbons (Fsp3) is 0.250. The first-order chi connectivity index (χ1) is 16.0. The summed E-state index contributed by atoms with van der Waals surface area (Å²) in [7, 11) is 0. The minimum atomic E-state index is -0.202. The van der Waals surface area contributed by atoms with Gasteiger partial charge in [-0.15, -0.1) is 0 Å². The van der Waals surface area contributed by atoms with Gasteiger partial charge in [0, 0.05) is 28.1 Å². The molecule has 2 nitrogen and oxygen atoms in total. The van der Waals surface area contributed by atoms with E-state index in [2.05, 4.69) is 95.9 Å². The maximum Gasteiger partial charge on any atom is 0.127 e. The number of fused-ring (bicyclic) bond motifs is 1. The van der Waals surface area contributed by atoms with Crippen LogP contribution in [0.15, 0.2) is 85.4 Å². The summed E-state index contributed by atoms with van der Waals surface area (Å²) in [5.41, 5.74) is 6.50. The lowest BCUT2D eigenvalue weighted by Gasteiger charge is -2.28. The van der Waals surface area contributed by atoms with Crippen LogP contribution < -0.4 is 5.32 Å². The molecule has 174 valence electrons. The Morgan fingerprint density at radius 3 is 2.06 bits per heavy atom. The van der Waals surface area contributed by atoms with Gasteiger partial charge in [0.15, 0.2) is 0 Å². The van der Waals surface area contributed by atoms with Crippen molar-refractivity contribution >= 4 is 22.2 Å². The number of nitrogens with one attached hydrogen (secondary N) is 1. The van der Waals surface area contributed by atoms with Crippen LogP contribution in [-0.4, -0.2) is 5.11 Å². The van der Waals surface area contributed by atoms with E-state index in [0.29, 0.717) is 5.75 Å². The van der Waals surface area contributed by atoms with Crippen molar-refractivity contribution < 1.29 is 5.11 Å². The minimum Gasteiger partial charge on any atom is -0.507 e. The van der Waals surface area contributed by atoms with Gasteiger partial charge < -0.3 is 10.4 Å². The van der Waals surface area contributed by atoms with Crippen molar-refractivity contribution in [2.75, 3.05) is 5.32 Å². The van der Waals surface area contributed by atoms with Crippen molar-refractivity contribution in [3.8, 4) is 16.9 Å². The van der Waals surface area contributed by atoms with Gasteiger partial charge in [-0.1, -0.05) is 115 Å². The van der Waals surface area contributed by atoms with Gasteiger partial charge in [0.05, 0.1) is 0 Å². The van der Waals surface area contributed by atoms with E-state index in [0.717, 1.165) is 44.4 Å². The number of benzene rings is 4. The van der Waals surface area contributed by atoms with Crippen LogP contribution >= 0.6 is 0 Å². The lowest BCUT2D eigenvalue weighted by Crippen LogP contribution is -2.17. The van der Waals surface area contributed by atoms with E-state index >= 15 is 0 Å². The molecule has 0 spiro atoms. The van der Waals surface area contributed by atoms with E-state index in [1.807, 2.05) is 36.4 Å². The summed E-state index contributed by atoms with van der Waals surface area (Å²) < 4.78 is 0. The molecule has 0 unspecified atom stereocenters. The van der Waals surface area contributed by atoms with Crippen LogP contribution in [0.5, 0.6) is 5.75 Å². The van der Waals surface area contributed by atoms with Crippen LogP contribution in [0.1, 0.15) is 58.2 Å². The molecule has 0 saturated heterocycles. The Morgan fingerprint density at radius 2 is 1.41 bits per heavy atom. The van der Waals surface area contributed by atoms with Crippen LogP contribution in [0.2, 0.25) is 0 Å². The number of phenolic OH excluding ortho intramolecular Hbond substituents is 1. The molecule has 4 aromatic rings. The highest BCUT2D eigenvalue weighted by Gasteiger charge is 2.27. The topological polar surface area (TPSA) is 32.3 Å². The fourth-order valence-electron chi connectivity index (χ4n) is 4.37. The van der Waals surface area contributed by atoms with Gasteiger partial charge in [0.1, 0.15) is 5.75 Å². The second kappa shape index (κ2) is 8.68. The quantitative estimate of drug-likeness (QED) is 0.326. The molecule has 34 heavy (non-hydrogen) atoms. The van der Waals surface area contributed by atoms with Gasteiger partial charge in [-0.2, -0.15) is 0 Å².